The van der Waals surface area contributed by atoms with Crippen LogP contribution in [0.5, 0.6) is 0 Å². The molecule has 0 unspecified atom stereocenters. The summed E-state index contributed by atoms with van der Waals surface area (Å²) >= 11 is 0. The maximum absolute atomic E-state index is 11.6. The van der Waals surface area contributed by atoms with E-state index in [1.807, 2.05) is 0 Å². The number of carboxylic acid groups (broad SMARTS) is 1. The molecule has 6 nitrogen and oxygen atoms in total. The second kappa shape index (κ2) is 6.44. The SMILES string of the molecule is CC(C)[C@@H](NC(=O)[C@H]1CCCN1)C(=O)O.O. The van der Waals surface area contributed by atoms with E-state index in [4.69, 9.17) is 5.11 Å². The van der Waals surface area contributed by atoms with Gasteiger partial charge in [0.15, 0.2) is 0 Å². The Labute approximate surface area is 94.7 Å². The fraction of sp³-hybridized carbons (Fsp3) is 0.800. The summed E-state index contributed by atoms with van der Waals surface area (Å²) in [5.74, 6) is -1.28. The van der Waals surface area contributed by atoms with Crippen molar-refractivity contribution < 1.29 is 20.2 Å². The molecule has 2 atom stereocenters. The lowest BCUT2D eigenvalue weighted by atomic mass is 10.0. The van der Waals surface area contributed by atoms with Crippen LogP contribution in [-0.2, 0) is 9.59 Å². The molecule has 1 saturated heterocycles. The highest BCUT2D eigenvalue weighted by atomic mass is 16.4. The van der Waals surface area contributed by atoms with Gasteiger partial charge in [-0.05, 0) is 25.3 Å². The van der Waals surface area contributed by atoms with Crippen LogP contribution in [0.4, 0.5) is 0 Å². The van der Waals surface area contributed by atoms with Crippen LogP contribution >= 0.6 is 0 Å². The number of carbonyl (C=O) groups is 2. The summed E-state index contributed by atoms with van der Waals surface area (Å²) in [5, 5.41) is 14.5. The summed E-state index contributed by atoms with van der Waals surface area (Å²) in [4.78, 5) is 22.5. The fourth-order valence-corrected chi connectivity index (χ4v) is 1.68. The first-order chi connectivity index (χ1) is 7.02. The number of aliphatic carboxylic acids is 1. The quantitative estimate of drug-likeness (QED) is 0.585. The minimum absolute atomic E-state index is 0. The molecule has 0 aromatic carbocycles. The largest absolute Gasteiger partial charge is 0.480 e. The van der Waals surface area contributed by atoms with E-state index in [0.717, 1.165) is 19.4 Å². The minimum atomic E-state index is -0.976. The third-order valence-electron chi connectivity index (χ3n) is 2.61. The van der Waals surface area contributed by atoms with Gasteiger partial charge < -0.3 is 21.2 Å². The Kier molecular flexibility index (Phi) is 5.98. The molecule has 0 saturated carbocycles. The second-order valence-corrected chi connectivity index (χ2v) is 4.22. The molecule has 0 aliphatic carbocycles. The third kappa shape index (κ3) is 3.79. The van der Waals surface area contributed by atoms with Gasteiger partial charge in [0.05, 0.1) is 6.04 Å². The number of carboxylic acids is 1. The van der Waals surface area contributed by atoms with Crippen molar-refractivity contribution in [2.45, 2.75) is 38.8 Å². The highest BCUT2D eigenvalue weighted by Crippen LogP contribution is 2.07. The topological polar surface area (TPSA) is 110 Å². The lowest BCUT2D eigenvalue weighted by molar-refractivity contribution is -0.143. The Morgan fingerprint density at radius 2 is 2.06 bits per heavy atom. The van der Waals surface area contributed by atoms with E-state index in [0.29, 0.717) is 0 Å². The number of amides is 1. The lowest BCUT2D eigenvalue weighted by Crippen LogP contribution is -2.50. The number of carbonyl (C=O) groups excluding carboxylic acids is 1. The monoisotopic (exact) mass is 232 g/mol. The van der Waals surface area contributed by atoms with Crippen molar-refractivity contribution in [3.05, 3.63) is 0 Å². The number of nitrogens with one attached hydrogen (secondary N) is 2. The number of hydrogen-bond acceptors (Lipinski definition) is 3. The summed E-state index contributed by atoms with van der Waals surface area (Å²) in [6.45, 7) is 4.39. The van der Waals surface area contributed by atoms with Crippen LogP contribution in [0.2, 0.25) is 0 Å². The normalized spacial score (nSPS) is 21.3. The molecule has 0 aromatic heterocycles. The molecule has 6 heteroatoms. The molecule has 1 aliphatic heterocycles. The van der Waals surface area contributed by atoms with Crippen LogP contribution < -0.4 is 10.6 Å². The zero-order valence-corrected chi connectivity index (χ0v) is 9.62. The zero-order chi connectivity index (χ0) is 11.4. The Morgan fingerprint density at radius 1 is 1.44 bits per heavy atom. The molecule has 94 valence electrons. The van der Waals surface area contributed by atoms with Gasteiger partial charge in [-0.1, -0.05) is 13.8 Å². The lowest BCUT2D eigenvalue weighted by Gasteiger charge is -2.20. The molecule has 1 fully saturated rings. The fourth-order valence-electron chi connectivity index (χ4n) is 1.68. The summed E-state index contributed by atoms with van der Waals surface area (Å²) in [7, 11) is 0. The summed E-state index contributed by atoms with van der Waals surface area (Å²) < 4.78 is 0. The van der Waals surface area contributed by atoms with E-state index >= 15 is 0 Å². The molecule has 1 heterocycles. The Hall–Kier alpha value is -1.14. The van der Waals surface area contributed by atoms with Crippen LogP contribution in [-0.4, -0.2) is 41.1 Å². The molecule has 5 N–H and O–H groups in total. The van der Waals surface area contributed by atoms with Gasteiger partial charge in [0.2, 0.25) is 5.91 Å². The van der Waals surface area contributed by atoms with Gasteiger partial charge in [0, 0.05) is 0 Å². The van der Waals surface area contributed by atoms with Crippen molar-refractivity contribution in [1.29, 1.82) is 0 Å². The molecule has 16 heavy (non-hydrogen) atoms. The maximum Gasteiger partial charge on any atom is 0.326 e. The smallest absolute Gasteiger partial charge is 0.326 e. The van der Waals surface area contributed by atoms with Crippen molar-refractivity contribution in [3.63, 3.8) is 0 Å². The molecule has 0 aromatic rings. The van der Waals surface area contributed by atoms with E-state index < -0.39 is 12.0 Å². The molecule has 1 aliphatic rings. The first kappa shape index (κ1) is 14.9. The van der Waals surface area contributed by atoms with Crippen LogP contribution in [0, 0.1) is 5.92 Å². The first-order valence-corrected chi connectivity index (χ1v) is 5.29. The van der Waals surface area contributed by atoms with Crippen molar-refractivity contribution in [2.75, 3.05) is 6.54 Å². The van der Waals surface area contributed by atoms with Crippen molar-refractivity contribution in [2.24, 2.45) is 5.92 Å². The molecular weight excluding hydrogens is 212 g/mol. The predicted molar refractivity (Wildman–Crippen MR) is 59.0 cm³/mol. The van der Waals surface area contributed by atoms with E-state index in [1.54, 1.807) is 13.8 Å². The predicted octanol–water partition coefficient (Wildman–Crippen LogP) is -0.861. The number of hydrogen-bond donors (Lipinski definition) is 3. The minimum Gasteiger partial charge on any atom is -0.480 e. The maximum atomic E-state index is 11.6. The molecule has 0 bridgehead atoms. The van der Waals surface area contributed by atoms with Crippen molar-refractivity contribution in [3.8, 4) is 0 Å². The van der Waals surface area contributed by atoms with Gasteiger partial charge in [0.25, 0.3) is 0 Å². The standard InChI is InChI=1S/C10H18N2O3.H2O/c1-6(2)8(10(14)15)12-9(13)7-4-3-5-11-7;/h6-8,11H,3-5H2,1-2H3,(H,12,13)(H,14,15);1H2/t7-,8-;/m1./s1. The first-order valence-electron chi connectivity index (χ1n) is 5.29. The molecule has 0 spiro atoms. The molecule has 0 radical (unpaired) electrons. The summed E-state index contributed by atoms with van der Waals surface area (Å²) in [6.07, 6.45) is 1.76. The van der Waals surface area contributed by atoms with E-state index in [2.05, 4.69) is 10.6 Å². The van der Waals surface area contributed by atoms with Gasteiger partial charge >= 0.3 is 5.97 Å². The van der Waals surface area contributed by atoms with Crippen molar-refractivity contribution in [1.82, 2.24) is 10.6 Å². The second-order valence-electron chi connectivity index (χ2n) is 4.22. The third-order valence-corrected chi connectivity index (χ3v) is 2.61. The number of rotatable bonds is 4. The van der Waals surface area contributed by atoms with Gasteiger partial charge in [-0.15, -0.1) is 0 Å². The average Bonchev–Trinajstić information content (AvgIpc) is 2.65. The molecule has 1 rings (SSSR count). The van der Waals surface area contributed by atoms with Crippen LogP contribution in [0.15, 0.2) is 0 Å². The highest BCUT2D eigenvalue weighted by molar-refractivity contribution is 5.87. The summed E-state index contributed by atoms with van der Waals surface area (Å²) in [5.41, 5.74) is 0. The van der Waals surface area contributed by atoms with Gasteiger partial charge in [-0.2, -0.15) is 0 Å². The van der Waals surface area contributed by atoms with Gasteiger partial charge in [0.1, 0.15) is 6.04 Å². The molecular formula is C10H20N2O4. The van der Waals surface area contributed by atoms with Crippen LogP contribution in [0.25, 0.3) is 0 Å². The average molecular weight is 232 g/mol. The Morgan fingerprint density at radius 3 is 2.44 bits per heavy atom. The Balaban J connectivity index is 0.00000225. The van der Waals surface area contributed by atoms with E-state index in [-0.39, 0.29) is 23.3 Å². The van der Waals surface area contributed by atoms with Crippen LogP contribution in [0.3, 0.4) is 0 Å². The van der Waals surface area contributed by atoms with E-state index in [1.165, 1.54) is 0 Å². The van der Waals surface area contributed by atoms with Gasteiger partial charge in [-0.25, -0.2) is 4.79 Å². The van der Waals surface area contributed by atoms with Crippen LogP contribution in [0.1, 0.15) is 26.7 Å². The molecule has 1 amide bonds. The van der Waals surface area contributed by atoms with Crippen molar-refractivity contribution >= 4 is 11.9 Å². The summed E-state index contributed by atoms with van der Waals surface area (Å²) in [6, 6.07) is -1.01. The Bertz CT molecular complexity index is 249. The van der Waals surface area contributed by atoms with Gasteiger partial charge in [-0.3, -0.25) is 4.79 Å². The van der Waals surface area contributed by atoms with E-state index in [9.17, 15) is 9.59 Å². The zero-order valence-electron chi connectivity index (χ0n) is 9.62. The highest BCUT2D eigenvalue weighted by Gasteiger charge is 2.28.